The third-order valence-electron chi connectivity index (χ3n) is 2.91. The van der Waals surface area contributed by atoms with E-state index in [9.17, 15) is 4.79 Å². The Morgan fingerprint density at radius 1 is 1.67 bits per heavy atom. The topological polar surface area (TPSA) is 61.4 Å². The fourth-order valence-corrected chi connectivity index (χ4v) is 1.91. The lowest BCUT2D eigenvalue weighted by Gasteiger charge is -2.29. The molecule has 0 aromatic heterocycles. The van der Waals surface area contributed by atoms with Crippen molar-refractivity contribution in [2.75, 3.05) is 13.1 Å². The van der Waals surface area contributed by atoms with Crippen molar-refractivity contribution < 1.29 is 9.90 Å². The highest BCUT2D eigenvalue weighted by Gasteiger charge is 2.26. The van der Waals surface area contributed by atoms with Gasteiger partial charge in [-0.3, -0.25) is 4.79 Å². The Morgan fingerprint density at radius 2 is 2.40 bits per heavy atom. The number of amides is 1. The van der Waals surface area contributed by atoms with Gasteiger partial charge in [0, 0.05) is 6.54 Å². The molecule has 4 heteroatoms. The van der Waals surface area contributed by atoms with E-state index < -0.39 is 0 Å². The first-order chi connectivity index (χ1) is 7.11. The number of rotatable bonds is 4. The molecule has 88 valence electrons. The fraction of sp³-hybridized carbons (Fsp3) is 0.909. The number of hydrogen-bond donors (Lipinski definition) is 3. The minimum Gasteiger partial charge on any atom is -0.393 e. The molecule has 1 rings (SSSR count). The molecule has 0 bridgehead atoms. The molecule has 1 aliphatic rings. The van der Waals surface area contributed by atoms with Crippen molar-refractivity contribution in [1.29, 1.82) is 0 Å². The molecular weight excluding hydrogens is 192 g/mol. The maximum Gasteiger partial charge on any atom is 0.237 e. The standard InChI is InChI=1S/C11H22N2O2/c1-8-4-3-6-12-10(8)11(15)13-7-5-9(2)14/h8-10,12,14H,3-7H2,1-2H3,(H,13,15). The molecule has 0 radical (unpaired) electrons. The number of aliphatic hydroxyl groups is 1. The van der Waals surface area contributed by atoms with Crippen LogP contribution >= 0.6 is 0 Å². The van der Waals surface area contributed by atoms with E-state index in [1.165, 1.54) is 0 Å². The summed E-state index contributed by atoms with van der Waals surface area (Å²) in [6.07, 6.45) is 2.54. The van der Waals surface area contributed by atoms with Gasteiger partial charge < -0.3 is 15.7 Å². The first-order valence-corrected chi connectivity index (χ1v) is 5.80. The van der Waals surface area contributed by atoms with Crippen molar-refractivity contribution in [3.63, 3.8) is 0 Å². The van der Waals surface area contributed by atoms with E-state index in [-0.39, 0.29) is 18.1 Å². The summed E-state index contributed by atoms with van der Waals surface area (Å²) in [6, 6.07) is -0.0484. The maximum atomic E-state index is 11.7. The summed E-state index contributed by atoms with van der Waals surface area (Å²) in [5, 5.41) is 15.1. The van der Waals surface area contributed by atoms with Gasteiger partial charge in [0.1, 0.15) is 0 Å². The minimum absolute atomic E-state index is 0.0484. The van der Waals surface area contributed by atoms with E-state index in [4.69, 9.17) is 5.11 Å². The molecule has 1 heterocycles. The third kappa shape index (κ3) is 4.18. The summed E-state index contributed by atoms with van der Waals surface area (Å²) in [5.74, 6) is 0.480. The normalized spacial score (nSPS) is 28.5. The second-order valence-corrected chi connectivity index (χ2v) is 4.48. The molecule has 0 aromatic rings. The molecule has 0 saturated carbocycles. The van der Waals surface area contributed by atoms with Gasteiger partial charge in [0.2, 0.25) is 5.91 Å². The van der Waals surface area contributed by atoms with Gasteiger partial charge in [0.15, 0.2) is 0 Å². The Labute approximate surface area is 91.4 Å². The maximum absolute atomic E-state index is 11.7. The van der Waals surface area contributed by atoms with Crippen molar-refractivity contribution in [3.8, 4) is 0 Å². The van der Waals surface area contributed by atoms with E-state index in [2.05, 4.69) is 17.6 Å². The van der Waals surface area contributed by atoms with Gasteiger partial charge >= 0.3 is 0 Å². The lowest BCUT2D eigenvalue weighted by Crippen LogP contribution is -2.51. The molecule has 1 aliphatic heterocycles. The molecule has 3 N–H and O–H groups in total. The molecule has 3 atom stereocenters. The highest BCUT2D eigenvalue weighted by Crippen LogP contribution is 2.15. The smallest absolute Gasteiger partial charge is 0.237 e. The minimum atomic E-state index is -0.345. The van der Waals surface area contributed by atoms with E-state index in [0.29, 0.717) is 18.9 Å². The zero-order valence-corrected chi connectivity index (χ0v) is 9.62. The van der Waals surface area contributed by atoms with Crippen molar-refractivity contribution in [2.24, 2.45) is 5.92 Å². The van der Waals surface area contributed by atoms with E-state index in [1.54, 1.807) is 6.92 Å². The van der Waals surface area contributed by atoms with E-state index >= 15 is 0 Å². The molecule has 1 amide bonds. The summed E-state index contributed by atoms with van der Waals surface area (Å²) in [5.41, 5.74) is 0. The van der Waals surface area contributed by atoms with Gasteiger partial charge in [-0.05, 0) is 38.6 Å². The lowest BCUT2D eigenvalue weighted by molar-refractivity contribution is -0.124. The van der Waals surface area contributed by atoms with Crippen LogP contribution in [0.1, 0.15) is 33.1 Å². The number of aliphatic hydroxyl groups excluding tert-OH is 1. The zero-order valence-electron chi connectivity index (χ0n) is 9.62. The molecule has 3 unspecified atom stereocenters. The number of nitrogens with one attached hydrogen (secondary N) is 2. The molecular formula is C11H22N2O2. The van der Waals surface area contributed by atoms with E-state index in [0.717, 1.165) is 19.4 Å². The van der Waals surface area contributed by atoms with Gasteiger partial charge in [-0.25, -0.2) is 0 Å². The van der Waals surface area contributed by atoms with Crippen LogP contribution in [0.3, 0.4) is 0 Å². The summed E-state index contributed by atoms with van der Waals surface area (Å²) in [7, 11) is 0. The molecule has 15 heavy (non-hydrogen) atoms. The molecule has 1 saturated heterocycles. The van der Waals surface area contributed by atoms with E-state index in [1.807, 2.05) is 0 Å². The molecule has 0 spiro atoms. The summed E-state index contributed by atoms with van der Waals surface area (Å²) >= 11 is 0. The van der Waals surface area contributed by atoms with Crippen LogP contribution in [0.15, 0.2) is 0 Å². The van der Waals surface area contributed by atoms with Crippen molar-refractivity contribution in [1.82, 2.24) is 10.6 Å². The fourth-order valence-electron chi connectivity index (χ4n) is 1.91. The SMILES string of the molecule is CC(O)CCNC(=O)C1NCCCC1C. The van der Waals surface area contributed by atoms with Gasteiger partial charge in [-0.15, -0.1) is 0 Å². The molecule has 0 aliphatic carbocycles. The molecule has 1 fully saturated rings. The Balaban J connectivity index is 2.26. The van der Waals surface area contributed by atoms with Gasteiger partial charge in [-0.1, -0.05) is 6.92 Å². The Bertz CT molecular complexity index is 207. The first kappa shape index (κ1) is 12.5. The number of carbonyl (C=O) groups is 1. The predicted molar refractivity (Wildman–Crippen MR) is 59.5 cm³/mol. The summed E-state index contributed by atoms with van der Waals surface area (Å²) in [4.78, 5) is 11.7. The molecule has 4 nitrogen and oxygen atoms in total. The molecule has 0 aromatic carbocycles. The zero-order chi connectivity index (χ0) is 11.3. The van der Waals surface area contributed by atoms with Gasteiger partial charge in [0.05, 0.1) is 12.1 Å². The second kappa shape index (κ2) is 6.08. The van der Waals surface area contributed by atoms with Crippen LogP contribution in [-0.2, 0) is 4.79 Å². The van der Waals surface area contributed by atoms with Gasteiger partial charge in [-0.2, -0.15) is 0 Å². The largest absolute Gasteiger partial charge is 0.393 e. The first-order valence-electron chi connectivity index (χ1n) is 5.80. The van der Waals surface area contributed by atoms with Crippen LogP contribution in [0, 0.1) is 5.92 Å². The van der Waals surface area contributed by atoms with Crippen LogP contribution < -0.4 is 10.6 Å². The predicted octanol–water partition coefficient (Wildman–Crippen LogP) is 0.262. The Hall–Kier alpha value is -0.610. The van der Waals surface area contributed by atoms with Crippen LogP contribution in [-0.4, -0.2) is 36.2 Å². The number of piperidine rings is 1. The summed E-state index contributed by atoms with van der Waals surface area (Å²) < 4.78 is 0. The van der Waals surface area contributed by atoms with Crippen molar-refractivity contribution >= 4 is 5.91 Å². The van der Waals surface area contributed by atoms with Crippen LogP contribution in [0.2, 0.25) is 0 Å². The lowest BCUT2D eigenvalue weighted by atomic mass is 9.92. The average Bonchev–Trinajstić information content (AvgIpc) is 2.17. The van der Waals surface area contributed by atoms with Gasteiger partial charge in [0.25, 0.3) is 0 Å². The second-order valence-electron chi connectivity index (χ2n) is 4.48. The average molecular weight is 214 g/mol. The van der Waals surface area contributed by atoms with Crippen LogP contribution in [0.4, 0.5) is 0 Å². The highest BCUT2D eigenvalue weighted by atomic mass is 16.3. The monoisotopic (exact) mass is 214 g/mol. The number of hydrogen-bond acceptors (Lipinski definition) is 3. The quantitative estimate of drug-likeness (QED) is 0.629. The van der Waals surface area contributed by atoms with Crippen LogP contribution in [0.5, 0.6) is 0 Å². The van der Waals surface area contributed by atoms with Crippen molar-refractivity contribution in [2.45, 2.75) is 45.3 Å². The Kier molecular flexibility index (Phi) is 5.05. The third-order valence-corrected chi connectivity index (χ3v) is 2.91. The number of carbonyl (C=O) groups excluding carboxylic acids is 1. The highest BCUT2D eigenvalue weighted by molar-refractivity contribution is 5.82. The summed E-state index contributed by atoms with van der Waals surface area (Å²) in [6.45, 7) is 5.32. The van der Waals surface area contributed by atoms with Crippen molar-refractivity contribution in [3.05, 3.63) is 0 Å². The Morgan fingerprint density at radius 3 is 3.00 bits per heavy atom. The van der Waals surface area contributed by atoms with Crippen LogP contribution in [0.25, 0.3) is 0 Å².